The summed E-state index contributed by atoms with van der Waals surface area (Å²) in [4.78, 5) is 19.0. The van der Waals surface area contributed by atoms with E-state index in [9.17, 15) is 4.79 Å². The van der Waals surface area contributed by atoms with Gasteiger partial charge in [-0.25, -0.2) is 0 Å². The molecule has 0 radical (unpaired) electrons. The molecule has 4 rings (SSSR count). The van der Waals surface area contributed by atoms with Gasteiger partial charge in [-0.2, -0.15) is 4.98 Å². The van der Waals surface area contributed by atoms with Crippen LogP contribution in [0.5, 0.6) is 11.5 Å². The average molecular weight is 421 g/mol. The maximum Gasteiger partial charge on any atom is 0.227 e. The van der Waals surface area contributed by atoms with E-state index in [1.54, 1.807) is 7.11 Å². The number of likely N-dealkylation sites (tertiary alicyclic amines) is 1. The van der Waals surface area contributed by atoms with Crippen LogP contribution in [0.3, 0.4) is 0 Å². The van der Waals surface area contributed by atoms with Crippen LogP contribution >= 0.6 is 0 Å². The van der Waals surface area contributed by atoms with Crippen molar-refractivity contribution in [2.24, 2.45) is 0 Å². The molecule has 1 amide bonds. The molecule has 1 aliphatic rings. The zero-order valence-corrected chi connectivity index (χ0v) is 17.9. The van der Waals surface area contributed by atoms with Crippen molar-refractivity contribution >= 4 is 5.91 Å². The van der Waals surface area contributed by atoms with Crippen LogP contribution < -0.4 is 9.47 Å². The first-order valence-electron chi connectivity index (χ1n) is 10.6. The molecule has 1 atom stereocenters. The smallest absolute Gasteiger partial charge is 0.227 e. The molecule has 7 nitrogen and oxygen atoms in total. The first-order chi connectivity index (χ1) is 15.2. The molecule has 2 heterocycles. The molecule has 1 saturated heterocycles. The Morgan fingerprint density at radius 3 is 2.58 bits per heavy atom. The molecule has 3 aromatic rings. The summed E-state index contributed by atoms with van der Waals surface area (Å²) in [5, 5.41) is 4.04. The van der Waals surface area contributed by atoms with E-state index in [2.05, 4.69) is 22.3 Å². The van der Waals surface area contributed by atoms with Gasteiger partial charge in [0.1, 0.15) is 11.5 Å². The van der Waals surface area contributed by atoms with Crippen molar-refractivity contribution in [1.82, 2.24) is 15.0 Å². The summed E-state index contributed by atoms with van der Waals surface area (Å²) in [6, 6.07) is 15.7. The normalized spacial score (nSPS) is 15.8. The highest BCUT2D eigenvalue weighted by atomic mass is 16.5. The molecule has 31 heavy (non-hydrogen) atoms. The van der Waals surface area contributed by atoms with Crippen LogP contribution in [-0.4, -0.2) is 47.8 Å². The Kier molecular flexibility index (Phi) is 6.50. The molecule has 0 bridgehead atoms. The van der Waals surface area contributed by atoms with Crippen molar-refractivity contribution in [2.75, 3.05) is 26.8 Å². The zero-order chi connectivity index (χ0) is 21.6. The summed E-state index contributed by atoms with van der Waals surface area (Å²) < 4.78 is 16.0. The molecule has 162 valence electrons. The number of methoxy groups -OCH3 is 1. The van der Waals surface area contributed by atoms with E-state index >= 15 is 0 Å². The second kappa shape index (κ2) is 9.64. The summed E-state index contributed by atoms with van der Waals surface area (Å²) in [7, 11) is 1.66. The van der Waals surface area contributed by atoms with Crippen molar-refractivity contribution in [1.29, 1.82) is 0 Å². The molecule has 1 fully saturated rings. The van der Waals surface area contributed by atoms with Crippen LogP contribution in [0, 0.1) is 0 Å². The van der Waals surface area contributed by atoms with Gasteiger partial charge in [-0.3, -0.25) is 4.79 Å². The third-order valence-electron chi connectivity index (χ3n) is 5.57. The molecular weight excluding hydrogens is 394 g/mol. The van der Waals surface area contributed by atoms with Gasteiger partial charge < -0.3 is 18.9 Å². The summed E-state index contributed by atoms with van der Waals surface area (Å²) in [5.74, 6) is 3.13. The second-order valence-electron chi connectivity index (χ2n) is 7.57. The Balaban J connectivity index is 1.29. The lowest BCUT2D eigenvalue weighted by molar-refractivity contribution is -0.130. The highest BCUT2D eigenvalue weighted by Crippen LogP contribution is 2.29. The molecule has 2 aromatic carbocycles. The topological polar surface area (TPSA) is 77.7 Å². The Hall–Kier alpha value is -3.35. The zero-order valence-electron chi connectivity index (χ0n) is 17.9. The average Bonchev–Trinajstić information content (AvgIpc) is 3.49. The molecule has 1 unspecified atom stereocenters. The number of carbonyl (C=O) groups excluding carboxylic acids is 1. The van der Waals surface area contributed by atoms with Crippen molar-refractivity contribution < 1.29 is 18.8 Å². The Labute approximate surface area is 182 Å². The standard InChI is InChI=1S/C24H27N3O4/c1-3-30-21-10-6-18(7-11-21)24-25-22(31-26-24)12-13-23(28)27-15-14-19(16-27)17-4-8-20(29-2)9-5-17/h4-11,19H,3,12-16H2,1-2H3. The predicted molar refractivity (Wildman–Crippen MR) is 116 cm³/mol. The molecule has 0 saturated carbocycles. The summed E-state index contributed by atoms with van der Waals surface area (Å²) >= 11 is 0. The van der Waals surface area contributed by atoms with Crippen molar-refractivity contribution in [3.05, 3.63) is 60.0 Å². The van der Waals surface area contributed by atoms with Gasteiger partial charge in [-0.05, 0) is 55.3 Å². The van der Waals surface area contributed by atoms with E-state index in [0.717, 1.165) is 36.6 Å². The minimum absolute atomic E-state index is 0.122. The summed E-state index contributed by atoms with van der Waals surface area (Å²) in [6.07, 6.45) is 1.77. The predicted octanol–water partition coefficient (Wildman–Crippen LogP) is 4.09. The number of ether oxygens (including phenoxy) is 2. The quantitative estimate of drug-likeness (QED) is 0.545. The van der Waals surface area contributed by atoms with E-state index in [1.807, 2.05) is 48.2 Å². The molecule has 0 spiro atoms. The van der Waals surface area contributed by atoms with E-state index in [0.29, 0.717) is 37.1 Å². The Morgan fingerprint density at radius 1 is 1.13 bits per heavy atom. The van der Waals surface area contributed by atoms with E-state index < -0.39 is 0 Å². The number of rotatable bonds is 8. The van der Waals surface area contributed by atoms with Gasteiger partial charge in [-0.1, -0.05) is 17.3 Å². The molecule has 0 N–H and O–H groups in total. The molecule has 7 heteroatoms. The van der Waals surface area contributed by atoms with Gasteiger partial charge in [0.15, 0.2) is 0 Å². The lowest BCUT2D eigenvalue weighted by Gasteiger charge is -2.16. The van der Waals surface area contributed by atoms with E-state index in [4.69, 9.17) is 14.0 Å². The van der Waals surface area contributed by atoms with E-state index in [-0.39, 0.29) is 5.91 Å². The number of amides is 1. The van der Waals surface area contributed by atoms with Crippen molar-refractivity contribution in [3.8, 4) is 22.9 Å². The summed E-state index contributed by atoms with van der Waals surface area (Å²) in [5.41, 5.74) is 2.10. The van der Waals surface area contributed by atoms with Crippen LogP contribution in [0.15, 0.2) is 53.1 Å². The van der Waals surface area contributed by atoms with Crippen molar-refractivity contribution in [3.63, 3.8) is 0 Å². The minimum Gasteiger partial charge on any atom is -0.497 e. The second-order valence-corrected chi connectivity index (χ2v) is 7.57. The lowest BCUT2D eigenvalue weighted by atomic mass is 9.98. The van der Waals surface area contributed by atoms with Gasteiger partial charge in [-0.15, -0.1) is 0 Å². The fourth-order valence-electron chi connectivity index (χ4n) is 3.85. The maximum atomic E-state index is 12.7. The molecule has 0 aliphatic carbocycles. The van der Waals surface area contributed by atoms with Crippen LogP contribution in [-0.2, 0) is 11.2 Å². The lowest BCUT2D eigenvalue weighted by Crippen LogP contribution is -2.28. The number of aromatic nitrogens is 2. The SMILES string of the molecule is CCOc1ccc(-c2noc(CCC(=O)N3CCC(c4ccc(OC)cc4)C3)n2)cc1. The first-order valence-corrected chi connectivity index (χ1v) is 10.6. The van der Waals surface area contributed by atoms with Gasteiger partial charge >= 0.3 is 0 Å². The summed E-state index contributed by atoms with van der Waals surface area (Å²) in [6.45, 7) is 4.09. The maximum absolute atomic E-state index is 12.7. The number of nitrogens with zero attached hydrogens (tertiary/aromatic N) is 3. The Morgan fingerprint density at radius 2 is 1.87 bits per heavy atom. The highest BCUT2D eigenvalue weighted by molar-refractivity contribution is 5.76. The number of carbonyl (C=O) groups is 1. The Bertz CT molecular complexity index is 998. The molecular formula is C24H27N3O4. The van der Waals surface area contributed by atoms with Crippen LogP contribution in [0.2, 0.25) is 0 Å². The van der Waals surface area contributed by atoms with E-state index in [1.165, 1.54) is 5.56 Å². The monoisotopic (exact) mass is 421 g/mol. The van der Waals surface area contributed by atoms with Crippen LogP contribution in [0.25, 0.3) is 11.4 Å². The number of aryl methyl sites for hydroxylation is 1. The largest absolute Gasteiger partial charge is 0.497 e. The van der Waals surface area contributed by atoms with Gasteiger partial charge in [0.05, 0.1) is 13.7 Å². The van der Waals surface area contributed by atoms with Gasteiger partial charge in [0, 0.05) is 37.4 Å². The molecule has 1 aliphatic heterocycles. The van der Waals surface area contributed by atoms with Crippen molar-refractivity contribution in [2.45, 2.75) is 32.1 Å². The highest BCUT2D eigenvalue weighted by Gasteiger charge is 2.27. The minimum atomic E-state index is 0.122. The fraction of sp³-hybridized carbons (Fsp3) is 0.375. The first kappa shape index (κ1) is 20.9. The van der Waals surface area contributed by atoms with Crippen LogP contribution in [0.4, 0.5) is 0 Å². The number of hydrogen-bond acceptors (Lipinski definition) is 6. The fourth-order valence-corrected chi connectivity index (χ4v) is 3.85. The number of hydrogen-bond donors (Lipinski definition) is 0. The van der Waals surface area contributed by atoms with Gasteiger partial charge in [0.25, 0.3) is 0 Å². The molecule has 1 aromatic heterocycles. The number of benzene rings is 2. The van der Waals surface area contributed by atoms with Crippen LogP contribution in [0.1, 0.15) is 37.1 Å². The third-order valence-corrected chi connectivity index (χ3v) is 5.57. The van der Waals surface area contributed by atoms with Gasteiger partial charge in [0.2, 0.25) is 17.6 Å². The third kappa shape index (κ3) is 5.05.